The van der Waals surface area contributed by atoms with E-state index in [1.54, 1.807) is 17.9 Å². The van der Waals surface area contributed by atoms with Crippen LogP contribution in [0.25, 0.3) is 12.2 Å². The number of thiazole rings is 1. The molecule has 1 saturated heterocycles. The van der Waals surface area contributed by atoms with Crippen molar-refractivity contribution >= 4 is 51.3 Å². The van der Waals surface area contributed by atoms with Crippen LogP contribution in [0.15, 0.2) is 33.5 Å². The smallest absolute Gasteiger partial charge is 0.333 e. The van der Waals surface area contributed by atoms with Crippen LogP contribution in [-0.4, -0.2) is 54.3 Å². The van der Waals surface area contributed by atoms with Crippen molar-refractivity contribution in [3.63, 3.8) is 0 Å². The van der Waals surface area contributed by atoms with Crippen LogP contribution < -0.4 is 14.8 Å². The highest BCUT2D eigenvalue weighted by Crippen LogP contribution is 2.16. The summed E-state index contributed by atoms with van der Waals surface area (Å²) in [7, 11) is 0. The molecule has 0 atom stereocenters. The van der Waals surface area contributed by atoms with E-state index in [0.717, 1.165) is 21.4 Å². The quantitative estimate of drug-likeness (QED) is 0.588. The molecule has 2 heterocycles. The average Bonchev–Trinajstić information content (AvgIpc) is 2.99. The minimum atomic E-state index is -0.547. The molecule has 0 unspecified atom stereocenters. The number of ether oxygens (including phenoxy) is 2. The Labute approximate surface area is 180 Å². The maximum Gasteiger partial charge on any atom is 0.333 e. The van der Waals surface area contributed by atoms with Crippen molar-refractivity contribution in [3.8, 4) is 0 Å². The molecule has 7 nitrogen and oxygen atoms in total. The molecule has 0 radical (unpaired) electrons. The van der Waals surface area contributed by atoms with Gasteiger partial charge in [0.25, 0.3) is 5.56 Å². The Morgan fingerprint density at radius 1 is 1.28 bits per heavy atom. The summed E-state index contributed by atoms with van der Waals surface area (Å²) in [4.78, 5) is 39.3. The van der Waals surface area contributed by atoms with Gasteiger partial charge in [0.2, 0.25) is 5.91 Å². The molecule has 0 saturated carbocycles. The Hall–Kier alpha value is -2.23. The van der Waals surface area contributed by atoms with Crippen molar-refractivity contribution in [1.29, 1.82) is 0 Å². The largest absolute Gasteiger partial charge is 0.463 e. The number of aromatic nitrogens is 1. The summed E-state index contributed by atoms with van der Waals surface area (Å²) in [5.74, 6) is -0.729. The summed E-state index contributed by atoms with van der Waals surface area (Å²) >= 11 is 4.62. The molecule has 1 fully saturated rings. The predicted molar refractivity (Wildman–Crippen MR) is 114 cm³/mol. The number of nitrogens with zero attached hydrogens (tertiary/aromatic N) is 2. The van der Waals surface area contributed by atoms with E-state index in [1.165, 1.54) is 10.6 Å². The predicted octanol–water partition coefficient (Wildman–Crippen LogP) is 0.704. The van der Waals surface area contributed by atoms with Gasteiger partial charge in [-0.15, -0.1) is 11.3 Å². The Bertz CT molecular complexity index is 1070. The highest BCUT2D eigenvalue weighted by Gasteiger charge is 2.19. The van der Waals surface area contributed by atoms with Crippen LogP contribution in [0.2, 0.25) is 0 Å². The van der Waals surface area contributed by atoms with Crippen LogP contribution in [0.4, 0.5) is 0 Å². The number of halogens is 1. The van der Waals surface area contributed by atoms with Gasteiger partial charge in [0.15, 0.2) is 0 Å². The van der Waals surface area contributed by atoms with Crippen LogP contribution in [0, 0.1) is 0 Å². The number of rotatable bonds is 5. The van der Waals surface area contributed by atoms with Crippen molar-refractivity contribution in [3.05, 3.63) is 53.9 Å². The molecular weight excluding hydrogens is 460 g/mol. The lowest BCUT2D eigenvalue weighted by Crippen LogP contribution is -2.45. The zero-order chi connectivity index (χ0) is 20.8. The second-order valence-corrected chi connectivity index (χ2v) is 8.17. The number of hydrogen-bond acceptors (Lipinski definition) is 6. The van der Waals surface area contributed by atoms with Crippen LogP contribution in [-0.2, 0) is 25.6 Å². The van der Waals surface area contributed by atoms with Gasteiger partial charge in [-0.1, -0.05) is 34.1 Å². The zero-order valence-corrected chi connectivity index (χ0v) is 18.3. The number of amides is 1. The molecular formula is C20H21BrN2O5S. The second-order valence-electron chi connectivity index (χ2n) is 6.25. The Morgan fingerprint density at radius 3 is 2.69 bits per heavy atom. The fraction of sp³-hybridized carbons (Fsp3) is 0.350. The summed E-state index contributed by atoms with van der Waals surface area (Å²) in [6, 6.07) is 7.51. The molecule has 29 heavy (non-hydrogen) atoms. The van der Waals surface area contributed by atoms with Gasteiger partial charge in [-0.3, -0.25) is 14.2 Å². The van der Waals surface area contributed by atoms with E-state index >= 15 is 0 Å². The fourth-order valence-electron chi connectivity index (χ4n) is 2.86. The van der Waals surface area contributed by atoms with Crippen molar-refractivity contribution in [2.75, 3.05) is 32.9 Å². The topological polar surface area (TPSA) is 77.8 Å². The van der Waals surface area contributed by atoms with Gasteiger partial charge in [0.1, 0.15) is 11.2 Å². The molecule has 9 heteroatoms. The van der Waals surface area contributed by atoms with Gasteiger partial charge in [0.05, 0.1) is 30.4 Å². The lowest BCUT2D eigenvalue weighted by atomic mass is 10.2. The Balaban J connectivity index is 2.04. The van der Waals surface area contributed by atoms with E-state index in [1.807, 2.05) is 24.3 Å². The molecule has 0 bridgehead atoms. The van der Waals surface area contributed by atoms with Crippen LogP contribution in [0.5, 0.6) is 0 Å². The number of carbonyl (C=O) groups excluding carboxylic acids is 2. The normalized spacial score (nSPS) is 15.6. The minimum Gasteiger partial charge on any atom is -0.463 e. The molecule has 1 aromatic carbocycles. The summed E-state index contributed by atoms with van der Waals surface area (Å²) in [6.45, 7) is 3.74. The maximum atomic E-state index is 13.0. The Morgan fingerprint density at radius 2 is 2.00 bits per heavy atom. The molecule has 0 aliphatic carbocycles. The number of esters is 1. The van der Waals surface area contributed by atoms with Crippen LogP contribution in [0.3, 0.4) is 0 Å². The molecule has 1 aromatic heterocycles. The lowest BCUT2D eigenvalue weighted by Gasteiger charge is -2.26. The molecule has 1 amide bonds. The van der Waals surface area contributed by atoms with Gasteiger partial charge < -0.3 is 14.4 Å². The van der Waals surface area contributed by atoms with Crippen molar-refractivity contribution in [2.45, 2.75) is 13.5 Å². The van der Waals surface area contributed by atoms with Gasteiger partial charge >= 0.3 is 5.97 Å². The summed E-state index contributed by atoms with van der Waals surface area (Å²) in [5, 5.41) is 0. The van der Waals surface area contributed by atoms with E-state index in [9.17, 15) is 14.4 Å². The first kappa shape index (κ1) is 21.5. The lowest BCUT2D eigenvalue weighted by molar-refractivity contribution is -0.136. The molecule has 0 spiro atoms. The highest BCUT2D eigenvalue weighted by atomic mass is 79.9. The number of carbonyl (C=O) groups is 2. The average molecular weight is 481 g/mol. The van der Waals surface area contributed by atoms with Crippen molar-refractivity contribution < 1.29 is 19.1 Å². The second kappa shape index (κ2) is 10.00. The van der Waals surface area contributed by atoms with E-state index < -0.39 is 5.97 Å². The van der Waals surface area contributed by atoms with E-state index in [4.69, 9.17) is 9.47 Å². The van der Waals surface area contributed by atoms with E-state index in [-0.39, 0.29) is 24.6 Å². The summed E-state index contributed by atoms with van der Waals surface area (Å²) in [5.41, 5.74) is 0.517. The number of benzene rings is 1. The first-order valence-corrected chi connectivity index (χ1v) is 10.8. The molecule has 0 N–H and O–H groups in total. The van der Waals surface area contributed by atoms with E-state index in [0.29, 0.717) is 35.5 Å². The first-order chi connectivity index (χ1) is 14.0. The maximum absolute atomic E-state index is 13.0. The third kappa shape index (κ3) is 5.43. The fourth-order valence-corrected chi connectivity index (χ4v) is 4.28. The van der Waals surface area contributed by atoms with Gasteiger partial charge in [0, 0.05) is 17.6 Å². The van der Waals surface area contributed by atoms with Gasteiger partial charge in [-0.2, -0.15) is 0 Å². The third-order valence-electron chi connectivity index (χ3n) is 4.31. The highest BCUT2D eigenvalue weighted by molar-refractivity contribution is 9.10. The van der Waals surface area contributed by atoms with Crippen molar-refractivity contribution in [1.82, 2.24) is 9.47 Å². The van der Waals surface area contributed by atoms with Crippen LogP contribution in [0.1, 0.15) is 12.5 Å². The summed E-state index contributed by atoms with van der Waals surface area (Å²) < 4.78 is 13.2. The monoisotopic (exact) mass is 480 g/mol. The molecule has 1 aliphatic heterocycles. The van der Waals surface area contributed by atoms with Gasteiger partial charge in [-0.25, -0.2) is 4.79 Å². The molecule has 154 valence electrons. The number of morpholine rings is 1. The van der Waals surface area contributed by atoms with E-state index in [2.05, 4.69) is 15.9 Å². The molecule has 2 aromatic rings. The first-order valence-electron chi connectivity index (χ1n) is 9.19. The van der Waals surface area contributed by atoms with Gasteiger partial charge in [-0.05, 0) is 24.6 Å². The standard InChI is InChI=1S/C20H21BrN2O5S/c1-2-28-19(25)12-18-23(13-17(24)22-7-9-27-10-8-22)20(26)16(29-18)11-14-5-3-4-6-15(14)21/h3-6,11-12H,2,7-10,13H2,1H3/b16-11-,18-12-. The zero-order valence-electron chi connectivity index (χ0n) is 15.9. The molecule has 1 aliphatic rings. The summed E-state index contributed by atoms with van der Waals surface area (Å²) in [6.07, 6.45) is 3.01. The third-order valence-corrected chi connectivity index (χ3v) is 6.10. The SMILES string of the molecule is CCOC(=O)/C=c1\s/c(=C\c2ccccc2Br)c(=O)n1CC(=O)N1CCOCC1. The van der Waals surface area contributed by atoms with Crippen molar-refractivity contribution in [2.24, 2.45) is 0 Å². The molecule has 3 rings (SSSR count). The number of hydrogen-bond donors (Lipinski definition) is 0. The Kier molecular flexibility index (Phi) is 7.40. The van der Waals surface area contributed by atoms with Crippen LogP contribution >= 0.6 is 27.3 Å². The minimum absolute atomic E-state index is 0.135.